The first-order chi connectivity index (χ1) is 14.9. The van der Waals surface area contributed by atoms with Crippen molar-refractivity contribution < 1.29 is 47.2 Å². The zero-order chi connectivity index (χ0) is 24.1. The number of aliphatic hydroxyl groups is 1. The molecule has 0 bridgehead atoms. The van der Waals surface area contributed by atoms with Crippen LogP contribution in [0, 0.1) is 0 Å². The van der Waals surface area contributed by atoms with Gasteiger partial charge in [-0.2, -0.15) is 8.78 Å². The van der Waals surface area contributed by atoms with Crippen molar-refractivity contribution in [1.82, 2.24) is 9.55 Å². The Kier molecular flexibility index (Phi) is 8.09. The number of rotatable bonds is 7. The Labute approximate surface area is 181 Å². The summed E-state index contributed by atoms with van der Waals surface area (Å²) in [6.45, 7) is 3.50. The van der Waals surface area contributed by atoms with E-state index in [9.17, 15) is 19.5 Å². The van der Waals surface area contributed by atoms with Crippen LogP contribution in [0.5, 0.6) is 0 Å². The van der Waals surface area contributed by atoms with Crippen molar-refractivity contribution in [3.63, 3.8) is 0 Å². The molecule has 14 heteroatoms. The molecular formula is C18H25F2N3O9. The third-order valence-electron chi connectivity index (χ3n) is 4.01. The molecule has 0 saturated carbocycles. The third kappa shape index (κ3) is 6.11. The minimum absolute atomic E-state index is 0.0856. The van der Waals surface area contributed by atoms with Gasteiger partial charge in [-0.05, 0) is 26.8 Å². The van der Waals surface area contributed by atoms with E-state index in [-0.39, 0.29) is 13.2 Å². The Morgan fingerprint density at radius 1 is 1.34 bits per heavy atom. The van der Waals surface area contributed by atoms with Gasteiger partial charge in [0.05, 0.1) is 13.2 Å². The first kappa shape index (κ1) is 25.4. The molecule has 1 aliphatic heterocycles. The lowest BCUT2D eigenvalue weighted by Crippen LogP contribution is -2.45. The van der Waals surface area contributed by atoms with Crippen LogP contribution in [0.1, 0.15) is 27.0 Å². The summed E-state index contributed by atoms with van der Waals surface area (Å²) in [4.78, 5) is 39.5. The van der Waals surface area contributed by atoms with Gasteiger partial charge in [-0.15, -0.1) is 0 Å². The number of nitrogens with zero attached hydrogens (tertiary/aromatic N) is 2. The lowest BCUT2D eigenvalue weighted by molar-refractivity contribution is -0.149. The number of halogens is 2. The second-order valence-corrected chi connectivity index (χ2v) is 7.62. The first-order valence-corrected chi connectivity index (χ1v) is 9.44. The zero-order valence-corrected chi connectivity index (χ0v) is 17.9. The number of carbonyl (C=O) groups excluding carboxylic acids is 2. The highest BCUT2D eigenvalue weighted by molar-refractivity contribution is 5.83. The van der Waals surface area contributed by atoms with E-state index in [1.807, 2.05) is 0 Å². The summed E-state index contributed by atoms with van der Waals surface area (Å²) in [7, 11) is 1.38. The summed E-state index contributed by atoms with van der Waals surface area (Å²) in [5.74, 6) is -4.44. The number of aromatic nitrogens is 2. The first-order valence-electron chi connectivity index (χ1n) is 9.44. The summed E-state index contributed by atoms with van der Waals surface area (Å²) >= 11 is 0. The number of aliphatic hydroxyl groups excluding tert-OH is 1. The maximum absolute atomic E-state index is 15.2. The fourth-order valence-electron chi connectivity index (χ4n) is 2.72. The van der Waals surface area contributed by atoms with Gasteiger partial charge in [-0.3, -0.25) is 5.32 Å². The van der Waals surface area contributed by atoms with Crippen molar-refractivity contribution in [3.8, 4) is 0 Å². The predicted octanol–water partition coefficient (Wildman–Crippen LogP) is 1.28. The van der Waals surface area contributed by atoms with Crippen molar-refractivity contribution in [3.05, 3.63) is 22.7 Å². The van der Waals surface area contributed by atoms with Gasteiger partial charge < -0.3 is 28.8 Å². The van der Waals surface area contributed by atoms with Gasteiger partial charge in [0.2, 0.25) is 12.3 Å². The molecule has 1 aromatic rings. The fourth-order valence-corrected chi connectivity index (χ4v) is 2.72. The molecule has 180 valence electrons. The Morgan fingerprint density at radius 3 is 2.62 bits per heavy atom. The van der Waals surface area contributed by atoms with Crippen LogP contribution in [0.4, 0.5) is 24.2 Å². The van der Waals surface area contributed by atoms with Gasteiger partial charge in [0.15, 0.2) is 0 Å². The topological polar surface area (TPSA) is 147 Å². The average Bonchev–Trinajstić information content (AvgIpc) is 2.91. The van der Waals surface area contributed by atoms with Gasteiger partial charge in [-0.25, -0.2) is 23.9 Å². The minimum atomic E-state index is -4.02. The molecule has 0 radical (unpaired) electrons. The molecule has 0 aliphatic carbocycles. The molecule has 1 aromatic heterocycles. The number of amides is 1. The largest absolute Gasteiger partial charge is 0.509 e. The Balaban J connectivity index is 2.32. The molecule has 2 heterocycles. The molecule has 0 aromatic carbocycles. The quantitative estimate of drug-likeness (QED) is 0.446. The average molecular weight is 465 g/mol. The number of ether oxygens (including phenoxy) is 5. The maximum atomic E-state index is 15.2. The molecule has 1 aliphatic rings. The van der Waals surface area contributed by atoms with E-state index in [0.717, 1.165) is 12.3 Å². The van der Waals surface area contributed by atoms with Crippen LogP contribution in [-0.4, -0.2) is 77.6 Å². The molecule has 1 saturated heterocycles. The predicted molar refractivity (Wildman–Crippen MR) is 102 cm³/mol. The highest BCUT2D eigenvalue weighted by Gasteiger charge is 2.63. The lowest BCUT2D eigenvalue weighted by Gasteiger charge is -2.26. The molecule has 2 N–H and O–H groups in total. The lowest BCUT2D eigenvalue weighted by atomic mass is 10.1. The Hall–Kier alpha value is -2.84. The van der Waals surface area contributed by atoms with Gasteiger partial charge >= 0.3 is 23.9 Å². The molecular weight excluding hydrogens is 440 g/mol. The van der Waals surface area contributed by atoms with Gasteiger partial charge in [0.1, 0.15) is 24.1 Å². The van der Waals surface area contributed by atoms with E-state index in [4.69, 9.17) is 23.7 Å². The Bertz CT molecular complexity index is 872. The van der Waals surface area contributed by atoms with E-state index in [0.29, 0.717) is 4.57 Å². The third-order valence-corrected chi connectivity index (χ3v) is 4.01. The van der Waals surface area contributed by atoms with Crippen LogP contribution in [0.15, 0.2) is 17.1 Å². The number of hydrogen-bond donors (Lipinski definition) is 2. The molecule has 0 spiro atoms. The standard InChI is InChI=1S/C18H25F2N3O9/c1-17(2,3)32-16(27)31-12-10(9-24)30-13(18(12,19)20)23-11(5-6-21-14(23)25)22-15(26)29-8-7-28-4/h5-6,10,12-13,24H,7-9H2,1-4H3,(H,22,26)/t10-,12-,13-/m1/s1. The summed E-state index contributed by atoms with van der Waals surface area (Å²) in [5, 5.41) is 11.6. The van der Waals surface area contributed by atoms with Crippen LogP contribution < -0.4 is 11.0 Å². The van der Waals surface area contributed by atoms with E-state index in [1.54, 1.807) is 0 Å². The van der Waals surface area contributed by atoms with Crippen molar-refractivity contribution >= 4 is 18.1 Å². The highest BCUT2D eigenvalue weighted by atomic mass is 19.3. The van der Waals surface area contributed by atoms with Gasteiger partial charge in [-0.1, -0.05) is 0 Å². The van der Waals surface area contributed by atoms with E-state index < -0.39 is 60.3 Å². The van der Waals surface area contributed by atoms with E-state index in [1.165, 1.54) is 27.9 Å². The number of hydrogen-bond acceptors (Lipinski definition) is 10. The second kappa shape index (κ2) is 10.2. The van der Waals surface area contributed by atoms with E-state index in [2.05, 4.69) is 10.3 Å². The van der Waals surface area contributed by atoms with Gasteiger partial charge in [0, 0.05) is 13.3 Å². The number of carbonyl (C=O) groups is 2. The normalized spacial score (nSPS) is 22.3. The van der Waals surface area contributed by atoms with Crippen molar-refractivity contribution in [2.75, 3.05) is 32.2 Å². The minimum Gasteiger partial charge on any atom is -0.447 e. The summed E-state index contributed by atoms with van der Waals surface area (Å²) in [6, 6.07) is 1.06. The summed E-state index contributed by atoms with van der Waals surface area (Å²) in [5.41, 5.74) is -2.22. The Morgan fingerprint density at radius 2 is 2.03 bits per heavy atom. The maximum Gasteiger partial charge on any atom is 0.509 e. The zero-order valence-electron chi connectivity index (χ0n) is 17.9. The second-order valence-electron chi connectivity index (χ2n) is 7.62. The SMILES string of the molecule is COCCOC(=O)Nc1ccnc(=O)n1[C@@H]1O[C@H](CO)[C@@H](OC(=O)OC(C)(C)C)C1(F)F. The van der Waals surface area contributed by atoms with Crippen molar-refractivity contribution in [2.45, 2.75) is 50.7 Å². The molecule has 1 amide bonds. The molecule has 1 fully saturated rings. The fraction of sp³-hybridized carbons (Fsp3) is 0.667. The monoisotopic (exact) mass is 465 g/mol. The number of methoxy groups -OCH3 is 1. The van der Waals surface area contributed by atoms with Crippen LogP contribution >= 0.6 is 0 Å². The molecule has 0 unspecified atom stereocenters. The van der Waals surface area contributed by atoms with Crippen LogP contribution in [0.3, 0.4) is 0 Å². The van der Waals surface area contributed by atoms with Crippen molar-refractivity contribution in [2.24, 2.45) is 0 Å². The van der Waals surface area contributed by atoms with Crippen molar-refractivity contribution in [1.29, 1.82) is 0 Å². The van der Waals surface area contributed by atoms with Crippen LogP contribution in [0.25, 0.3) is 0 Å². The molecule has 12 nitrogen and oxygen atoms in total. The highest BCUT2D eigenvalue weighted by Crippen LogP contribution is 2.45. The van der Waals surface area contributed by atoms with Crippen LogP contribution in [-0.2, 0) is 23.7 Å². The smallest absolute Gasteiger partial charge is 0.447 e. The number of nitrogens with one attached hydrogen (secondary N) is 1. The molecule has 3 atom stereocenters. The molecule has 32 heavy (non-hydrogen) atoms. The number of anilines is 1. The van der Waals surface area contributed by atoms with Crippen LogP contribution in [0.2, 0.25) is 0 Å². The van der Waals surface area contributed by atoms with Gasteiger partial charge in [0.25, 0.3) is 0 Å². The van der Waals surface area contributed by atoms with E-state index >= 15 is 8.78 Å². The summed E-state index contributed by atoms with van der Waals surface area (Å²) in [6.07, 6.45) is -7.85. The summed E-state index contributed by atoms with van der Waals surface area (Å²) < 4.78 is 55.1. The number of alkyl halides is 2. The molecule has 2 rings (SSSR count).